The highest BCUT2D eigenvalue weighted by Crippen LogP contribution is 2.31. The van der Waals surface area contributed by atoms with E-state index in [0.29, 0.717) is 0 Å². The third-order valence-electron chi connectivity index (χ3n) is 3.98. The van der Waals surface area contributed by atoms with Gasteiger partial charge in [-0.05, 0) is 18.6 Å². The van der Waals surface area contributed by atoms with Crippen molar-refractivity contribution in [2.45, 2.75) is 31.5 Å². The van der Waals surface area contributed by atoms with E-state index in [0.717, 1.165) is 0 Å². The summed E-state index contributed by atoms with van der Waals surface area (Å²) in [6, 6.07) is 1.83. The van der Waals surface area contributed by atoms with E-state index in [1.807, 2.05) is 0 Å². The molecule has 1 saturated heterocycles. The number of amides is 3. The number of hydrogen-bond donors (Lipinski definition) is 4. The SMILES string of the molecule is Cl.Nc1ccc2[nH]c(C(F)(F)F)nc2c1CC(=O)NC1CCC(=O)NC1=O. The lowest BCUT2D eigenvalue weighted by Crippen LogP contribution is -2.52. The van der Waals surface area contributed by atoms with E-state index in [-0.39, 0.29) is 54.0 Å². The minimum Gasteiger partial charge on any atom is -0.398 e. The Kier molecular flexibility index (Phi) is 5.64. The average Bonchev–Trinajstić information content (AvgIpc) is 2.98. The number of rotatable bonds is 3. The molecule has 1 aromatic heterocycles. The number of nitrogens with zero attached hydrogens (tertiary/aromatic N) is 1. The monoisotopic (exact) mass is 405 g/mol. The van der Waals surface area contributed by atoms with Gasteiger partial charge in [-0.1, -0.05) is 0 Å². The van der Waals surface area contributed by atoms with Crippen LogP contribution in [0.25, 0.3) is 11.0 Å². The molecule has 0 bridgehead atoms. The molecule has 2 heterocycles. The molecule has 1 aliphatic rings. The van der Waals surface area contributed by atoms with Crippen molar-refractivity contribution in [2.75, 3.05) is 5.73 Å². The van der Waals surface area contributed by atoms with Crippen LogP contribution < -0.4 is 16.4 Å². The minimum atomic E-state index is -4.67. The fourth-order valence-electron chi connectivity index (χ4n) is 2.71. The van der Waals surface area contributed by atoms with Gasteiger partial charge in [0, 0.05) is 17.7 Å². The van der Waals surface area contributed by atoms with Gasteiger partial charge in [0.2, 0.25) is 23.5 Å². The molecule has 27 heavy (non-hydrogen) atoms. The number of nitrogens with two attached hydrogens (primary N) is 1. The van der Waals surface area contributed by atoms with Crippen molar-refractivity contribution in [1.29, 1.82) is 0 Å². The van der Waals surface area contributed by atoms with Crippen LogP contribution in [-0.2, 0) is 27.0 Å². The molecule has 0 aliphatic carbocycles. The first kappa shape index (κ1) is 20.5. The second kappa shape index (κ2) is 7.43. The molecule has 0 spiro atoms. The highest BCUT2D eigenvalue weighted by atomic mass is 35.5. The number of nitrogen functional groups attached to an aromatic ring is 1. The lowest BCUT2D eigenvalue weighted by atomic mass is 10.0. The van der Waals surface area contributed by atoms with Crippen LogP contribution in [0.5, 0.6) is 0 Å². The number of imidazole rings is 1. The number of halogens is 4. The Labute approximate surface area is 156 Å². The van der Waals surface area contributed by atoms with E-state index < -0.39 is 35.8 Å². The highest BCUT2D eigenvalue weighted by molar-refractivity contribution is 6.02. The second-order valence-electron chi connectivity index (χ2n) is 5.86. The van der Waals surface area contributed by atoms with Gasteiger partial charge >= 0.3 is 6.18 Å². The summed E-state index contributed by atoms with van der Waals surface area (Å²) in [6.07, 6.45) is -4.79. The molecular weight excluding hydrogens is 391 g/mol. The van der Waals surface area contributed by atoms with Crippen molar-refractivity contribution in [3.63, 3.8) is 0 Å². The summed E-state index contributed by atoms with van der Waals surface area (Å²) in [7, 11) is 0. The fraction of sp³-hybridized carbons (Fsp3) is 0.333. The molecule has 1 aromatic carbocycles. The number of carbonyl (C=O) groups excluding carboxylic acids is 3. The van der Waals surface area contributed by atoms with Crippen molar-refractivity contribution in [3.8, 4) is 0 Å². The van der Waals surface area contributed by atoms with E-state index >= 15 is 0 Å². The Hall–Kier alpha value is -2.82. The lowest BCUT2D eigenvalue weighted by Gasteiger charge is -2.21. The zero-order valence-electron chi connectivity index (χ0n) is 13.6. The summed E-state index contributed by atoms with van der Waals surface area (Å²) >= 11 is 0. The number of hydrogen-bond acceptors (Lipinski definition) is 5. The molecule has 1 fully saturated rings. The van der Waals surface area contributed by atoms with E-state index in [2.05, 4.69) is 20.6 Å². The molecule has 12 heteroatoms. The number of aromatic amines is 1. The van der Waals surface area contributed by atoms with Gasteiger partial charge in [0.25, 0.3) is 0 Å². The molecule has 1 unspecified atom stereocenters. The van der Waals surface area contributed by atoms with Crippen LogP contribution in [0.4, 0.5) is 18.9 Å². The Morgan fingerprint density at radius 1 is 1.33 bits per heavy atom. The molecule has 2 aromatic rings. The summed E-state index contributed by atoms with van der Waals surface area (Å²) in [6.45, 7) is 0. The van der Waals surface area contributed by atoms with Gasteiger partial charge in [-0.25, -0.2) is 4.98 Å². The number of aromatic nitrogens is 2. The number of H-pyrrole nitrogens is 1. The van der Waals surface area contributed by atoms with E-state index in [9.17, 15) is 27.6 Å². The Bertz CT molecular complexity index is 912. The molecule has 8 nitrogen and oxygen atoms in total. The van der Waals surface area contributed by atoms with Gasteiger partial charge in [0.05, 0.1) is 17.5 Å². The van der Waals surface area contributed by atoms with Crippen LogP contribution in [-0.4, -0.2) is 33.7 Å². The van der Waals surface area contributed by atoms with Crippen molar-refractivity contribution in [2.24, 2.45) is 0 Å². The van der Waals surface area contributed by atoms with Gasteiger partial charge in [-0.2, -0.15) is 13.2 Å². The predicted octanol–water partition coefficient (Wildman–Crippen LogP) is 1.05. The number of anilines is 1. The number of piperidine rings is 1. The predicted molar refractivity (Wildman–Crippen MR) is 90.8 cm³/mol. The number of benzene rings is 1. The third kappa shape index (κ3) is 4.30. The molecule has 146 valence electrons. The number of imide groups is 1. The van der Waals surface area contributed by atoms with Crippen LogP contribution in [0, 0.1) is 0 Å². The Morgan fingerprint density at radius 3 is 2.67 bits per heavy atom. The van der Waals surface area contributed by atoms with Crippen molar-refractivity contribution in [1.82, 2.24) is 20.6 Å². The first-order valence-corrected chi connectivity index (χ1v) is 7.62. The number of fused-ring (bicyclic) bond motifs is 1. The zero-order valence-corrected chi connectivity index (χ0v) is 14.5. The summed E-state index contributed by atoms with van der Waals surface area (Å²) in [4.78, 5) is 40.6. The second-order valence-corrected chi connectivity index (χ2v) is 5.86. The van der Waals surface area contributed by atoms with Crippen molar-refractivity contribution < 1.29 is 27.6 Å². The summed E-state index contributed by atoms with van der Waals surface area (Å²) < 4.78 is 38.5. The van der Waals surface area contributed by atoms with Crippen LogP contribution >= 0.6 is 12.4 Å². The smallest absolute Gasteiger partial charge is 0.398 e. The quantitative estimate of drug-likeness (QED) is 0.448. The average molecular weight is 406 g/mol. The van der Waals surface area contributed by atoms with Crippen molar-refractivity contribution in [3.05, 3.63) is 23.5 Å². The first-order valence-electron chi connectivity index (χ1n) is 7.62. The maximum absolute atomic E-state index is 12.8. The van der Waals surface area contributed by atoms with Gasteiger partial charge < -0.3 is 16.0 Å². The normalized spacial score (nSPS) is 17.4. The fourth-order valence-corrected chi connectivity index (χ4v) is 2.71. The summed E-state index contributed by atoms with van der Waals surface area (Å²) in [5.41, 5.74) is 6.06. The number of nitrogens with one attached hydrogen (secondary N) is 3. The Balaban J connectivity index is 0.00000261. The molecule has 1 aliphatic heterocycles. The van der Waals surface area contributed by atoms with Crippen LogP contribution in [0.2, 0.25) is 0 Å². The van der Waals surface area contributed by atoms with E-state index in [4.69, 9.17) is 5.73 Å². The van der Waals surface area contributed by atoms with Gasteiger partial charge in [-0.3, -0.25) is 19.7 Å². The number of carbonyl (C=O) groups is 3. The van der Waals surface area contributed by atoms with Crippen LogP contribution in [0.3, 0.4) is 0 Å². The van der Waals surface area contributed by atoms with Gasteiger partial charge in [-0.15, -0.1) is 12.4 Å². The first-order chi connectivity index (χ1) is 12.1. The number of alkyl halides is 3. The molecule has 0 saturated carbocycles. The van der Waals surface area contributed by atoms with Crippen LogP contribution in [0.1, 0.15) is 24.2 Å². The topological polar surface area (TPSA) is 130 Å². The lowest BCUT2D eigenvalue weighted by molar-refractivity contribution is -0.144. The molecule has 3 amide bonds. The van der Waals surface area contributed by atoms with Crippen LogP contribution in [0.15, 0.2) is 12.1 Å². The van der Waals surface area contributed by atoms with E-state index in [1.54, 1.807) is 0 Å². The van der Waals surface area contributed by atoms with Crippen molar-refractivity contribution >= 4 is 46.8 Å². The molecule has 3 rings (SSSR count). The minimum absolute atomic E-state index is 0. The third-order valence-corrected chi connectivity index (χ3v) is 3.98. The molecular formula is C15H15ClF3N5O3. The molecule has 5 N–H and O–H groups in total. The highest BCUT2D eigenvalue weighted by Gasteiger charge is 2.35. The maximum Gasteiger partial charge on any atom is 0.449 e. The van der Waals surface area contributed by atoms with E-state index in [1.165, 1.54) is 12.1 Å². The zero-order chi connectivity index (χ0) is 19.1. The maximum atomic E-state index is 12.8. The standard InChI is InChI=1S/C15H14F3N5O3.ClH/c16-15(17,18)14-21-8-2-1-7(19)6(12(8)23-14)5-11(25)20-9-3-4-10(24)22-13(9)26;/h1-2,9H,3-5,19H2,(H,20,25)(H,21,23)(H,22,24,26);1H. The van der Waals surface area contributed by atoms with Gasteiger partial charge in [0.15, 0.2) is 0 Å². The Morgan fingerprint density at radius 2 is 2.04 bits per heavy atom. The molecule has 1 atom stereocenters. The summed E-state index contributed by atoms with van der Waals surface area (Å²) in [5, 5.41) is 4.55. The van der Waals surface area contributed by atoms with Gasteiger partial charge in [0.1, 0.15) is 6.04 Å². The largest absolute Gasteiger partial charge is 0.449 e. The summed E-state index contributed by atoms with van der Waals surface area (Å²) in [5.74, 6) is -2.86. The molecule has 0 radical (unpaired) electrons.